The van der Waals surface area contributed by atoms with Gasteiger partial charge in [-0.2, -0.15) is 0 Å². The lowest BCUT2D eigenvalue weighted by Crippen LogP contribution is -2.45. The van der Waals surface area contributed by atoms with Crippen molar-refractivity contribution in [3.63, 3.8) is 0 Å². The normalized spacial score (nSPS) is 21.8. The molecule has 0 aromatic rings. The van der Waals surface area contributed by atoms with E-state index >= 15 is 0 Å². The second-order valence-corrected chi connectivity index (χ2v) is 5.74. The van der Waals surface area contributed by atoms with Crippen LogP contribution in [-0.4, -0.2) is 61.0 Å². The van der Waals surface area contributed by atoms with Crippen molar-refractivity contribution in [2.24, 2.45) is 5.92 Å². The van der Waals surface area contributed by atoms with Gasteiger partial charge in [0, 0.05) is 19.0 Å². The molecular weight excluding hydrogens is 256 g/mol. The molecule has 2 fully saturated rings. The molecule has 0 radical (unpaired) electrons. The van der Waals surface area contributed by atoms with Crippen molar-refractivity contribution in [3.8, 4) is 0 Å². The number of carbonyl (C=O) groups excluding carboxylic acids is 2. The first-order valence-electron chi connectivity index (χ1n) is 7.87. The Morgan fingerprint density at radius 2 is 1.70 bits per heavy atom. The maximum absolute atomic E-state index is 12.4. The van der Waals surface area contributed by atoms with Crippen molar-refractivity contribution in [3.05, 3.63) is 0 Å². The van der Waals surface area contributed by atoms with Gasteiger partial charge in [-0.1, -0.05) is 0 Å². The quantitative estimate of drug-likeness (QED) is 0.729. The summed E-state index contributed by atoms with van der Waals surface area (Å²) in [5.41, 5.74) is 0. The standard InChI is InChI=1S/C15H26N2O3/c1-2-20-14(18)12-16-10-6-13(7-11-16)15(19)17-8-4-3-5-9-17/h13H,2-12H2,1H3. The number of hydrogen-bond donors (Lipinski definition) is 0. The number of hydrogen-bond acceptors (Lipinski definition) is 4. The first kappa shape index (κ1) is 15.3. The summed E-state index contributed by atoms with van der Waals surface area (Å²) >= 11 is 0. The van der Waals surface area contributed by atoms with Crippen molar-refractivity contribution in [1.82, 2.24) is 9.80 Å². The van der Waals surface area contributed by atoms with Gasteiger partial charge in [0.05, 0.1) is 13.2 Å². The van der Waals surface area contributed by atoms with Crippen molar-refractivity contribution in [2.45, 2.75) is 39.0 Å². The lowest BCUT2D eigenvalue weighted by molar-refractivity contribution is -0.145. The summed E-state index contributed by atoms with van der Waals surface area (Å²) in [6.07, 6.45) is 5.28. The van der Waals surface area contributed by atoms with E-state index in [4.69, 9.17) is 4.74 Å². The van der Waals surface area contributed by atoms with Crippen LogP contribution in [0.2, 0.25) is 0 Å². The molecule has 0 unspecified atom stereocenters. The fourth-order valence-electron chi connectivity index (χ4n) is 3.10. The van der Waals surface area contributed by atoms with Gasteiger partial charge in [-0.15, -0.1) is 0 Å². The molecule has 0 bridgehead atoms. The maximum Gasteiger partial charge on any atom is 0.320 e. The van der Waals surface area contributed by atoms with Gasteiger partial charge in [0.1, 0.15) is 0 Å². The summed E-state index contributed by atoms with van der Waals surface area (Å²) in [5.74, 6) is 0.334. The van der Waals surface area contributed by atoms with Crippen molar-refractivity contribution >= 4 is 11.9 Å². The molecule has 2 aliphatic heterocycles. The molecule has 0 aromatic heterocycles. The molecule has 0 N–H and O–H groups in total. The SMILES string of the molecule is CCOC(=O)CN1CCC(C(=O)N2CCCCC2)CC1. The first-order chi connectivity index (χ1) is 9.70. The minimum absolute atomic E-state index is 0.159. The minimum Gasteiger partial charge on any atom is -0.465 e. The molecule has 0 aliphatic carbocycles. The van der Waals surface area contributed by atoms with Crippen LogP contribution in [0.3, 0.4) is 0 Å². The van der Waals surface area contributed by atoms with Gasteiger partial charge in [0.25, 0.3) is 0 Å². The molecule has 5 heteroatoms. The zero-order chi connectivity index (χ0) is 14.4. The second kappa shape index (κ2) is 7.62. The summed E-state index contributed by atoms with van der Waals surface area (Å²) in [6, 6.07) is 0. The average Bonchev–Trinajstić information content (AvgIpc) is 2.48. The molecule has 2 rings (SSSR count). The highest BCUT2D eigenvalue weighted by Gasteiger charge is 2.29. The highest BCUT2D eigenvalue weighted by Crippen LogP contribution is 2.21. The number of carbonyl (C=O) groups is 2. The van der Waals surface area contributed by atoms with E-state index < -0.39 is 0 Å². The van der Waals surface area contributed by atoms with Crippen LogP contribution in [0.25, 0.3) is 0 Å². The molecule has 2 heterocycles. The molecule has 0 aromatic carbocycles. The Kier molecular flexibility index (Phi) is 5.83. The zero-order valence-corrected chi connectivity index (χ0v) is 12.5. The van der Waals surface area contributed by atoms with Crippen LogP contribution >= 0.6 is 0 Å². The average molecular weight is 282 g/mol. The van der Waals surface area contributed by atoms with E-state index in [1.165, 1.54) is 6.42 Å². The summed E-state index contributed by atoms with van der Waals surface area (Å²) < 4.78 is 4.96. The molecule has 2 aliphatic rings. The predicted molar refractivity (Wildman–Crippen MR) is 76.2 cm³/mol. The topological polar surface area (TPSA) is 49.9 Å². The Morgan fingerprint density at radius 3 is 2.30 bits per heavy atom. The summed E-state index contributed by atoms with van der Waals surface area (Å²) in [6.45, 7) is 6.12. The Morgan fingerprint density at radius 1 is 1.05 bits per heavy atom. The number of rotatable bonds is 4. The van der Waals surface area contributed by atoms with Gasteiger partial charge in [-0.25, -0.2) is 0 Å². The lowest BCUT2D eigenvalue weighted by Gasteiger charge is -2.35. The summed E-state index contributed by atoms with van der Waals surface area (Å²) in [7, 11) is 0. The Hall–Kier alpha value is -1.10. The van der Waals surface area contributed by atoms with Gasteiger partial charge in [0.15, 0.2) is 0 Å². The van der Waals surface area contributed by atoms with E-state index in [1.54, 1.807) is 0 Å². The number of esters is 1. The van der Waals surface area contributed by atoms with E-state index in [0.29, 0.717) is 19.1 Å². The van der Waals surface area contributed by atoms with Gasteiger partial charge in [-0.05, 0) is 52.1 Å². The van der Waals surface area contributed by atoms with Crippen LogP contribution in [0.15, 0.2) is 0 Å². The first-order valence-corrected chi connectivity index (χ1v) is 7.87. The molecule has 0 saturated carbocycles. The molecule has 5 nitrogen and oxygen atoms in total. The fourth-order valence-corrected chi connectivity index (χ4v) is 3.10. The van der Waals surface area contributed by atoms with E-state index in [-0.39, 0.29) is 11.9 Å². The molecule has 114 valence electrons. The Labute approximate surface area is 121 Å². The van der Waals surface area contributed by atoms with Crippen LogP contribution < -0.4 is 0 Å². The predicted octanol–water partition coefficient (Wildman–Crippen LogP) is 1.27. The van der Waals surface area contributed by atoms with E-state index in [2.05, 4.69) is 4.90 Å². The van der Waals surface area contributed by atoms with Crippen molar-refractivity contribution in [2.75, 3.05) is 39.3 Å². The molecule has 0 atom stereocenters. The van der Waals surface area contributed by atoms with Gasteiger partial charge in [-0.3, -0.25) is 14.5 Å². The maximum atomic E-state index is 12.4. The van der Waals surface area contributed by atoms with Crippen LogP contribution in [0, 0.1) is 5.92 Å². The highest BCUT2D eigenvalue weighted by atomic mass is 16.5. The number of likely N-dealkylation sites (tertiary alicyclic amines) is 2. The van der Waals surface area contributed by atoms with Crippen LogP contribution in [0.4, 0.5) is 0 Å². The Bertz CT molecular complexity index is 332. The molecule has 2 saturated heterocycles. The lowest BCUT2D eigenvalue weighted by atomic mass is 9.94. The van der Waals surface area contributed by atoms with Crippen molar-refractivity contribution < 1.29 is 14.3 Å². The van der Waals surface area contributed by atoms with Crippen LogP contribution in [-0.2, 0) is 14.3 Å². The van der Waals surface area contributed by atoms with Gasteiger partial charge in [0.2, 0.25) is 5.91 Å². The number of piperidine rings is 2. The van der Waals surface area contributed by atoms with Gasteiger partial charge >= 0.3 is 5.97 Å². The van der Waals surface area contributed by atoms with E-state index in [9.17, 15) is 9.59 Å². The van der Waals surface area contributed by atoms with Crippen LogP contribution in [0.5, 0.6) is 0 Å². The number of nitrogens with zero attached hydrogens (tertiary/aromatic N) is 2. The summed E-state index contributed by atoms with van der Waals surface area (Å²) in [4.78, 5) is 28.0. The number of ether oxygens (including phenoxy) is 1. The number of amides is 1. The third kappa shape index (κ3) is 4.20. The third-order valence-corrected chi connectivity index (χ3v) is 4.26. The molecular formula is C15H26N2O3. The second-order valence-electron chi connectivity index (χ2n) is 5.74. The monoisotopic (exact) mass is 282 g/mol. The largest absolute Gasteiger partial charge is 0.465 e. The highest BCUT2D eigenvalue weighted by molar-refractivity contribution is 5.79. The minimum atomic E-state index is -0.159. The van der Waals surface area contributed by atoms with Crippen molar-refractivity contribution in [1.29, 1.82) is 0 Å². The van der Waals surface area contributed by atoms with Crippen LogP contribution in [0.1, 0.15) is 39.0 Å². The molecule has 20 heavy (non-hydrogen) atoms. The third-order valence-electron chi connectivity index (χ3n) is 4.26. The Balaban J connectivity index is 1.73. The smallest absolute Gasteiger partial charge is 0.320 e. The van der Waals surface area contributed by atoms with Gasteiger partial charge < -0.3 is 9.64 Å². The zero-order valence-electron chi connectivity index (χ0n) is 12.5. The fraction of sp³-hybridized carbons (Fsp3) is 0.867. The molecule has 1 amide bonds. The molecule has 0 spiro atoms. The summed E-state index contributed by atoms with van der Waals surface area (Å²) in [5, 5.41) is 0. The van der Waals surface area contributed by atoms with E-state index in [1.807, 2.05) is 11.8 Å². The van der Waals surface area contributed by atoms with E-state index in [0.717, 1.165) is 51.9 Å².